The molecule has 1 aliphatic heterocycles. The van der Waals surface area contributed by atoms with E-state index in [1.54, 1.807) is 19.9 Å². The average Bonchev–Trinajstić information content (AvgIpc) is 2.99. The first-order valence-electron chi connectivity index (χ1n) is 8.51. The van der Waals surface area contributed by atoms with Gasteiger partial charge in [-0.2, -0.15) is 13.2 Å². The van der Waals surface area contributed by atoms with Crippen LogP contribution in [0, 0.1) is 13.8 Å². The molecule has 0 N–H and O–H groups in total. The molecule has 0 atom stereocenters. The zero-order valence-corrected chi connectivity index (χ0v) is 14.7. The van der Waals surface area contributed by atoms with Gasteiger partial charge in [0.15, 0.2) is 0 Å². The molecule has 8 heteroatoms. The van der Waals surface area contributed by atoms with Crippen LogP contribution >= 0.6 is 0 Å². The van der Waals surface area contributed by atoms with E-state index in [0.717, 1.165) is 12.1 Å². The number of carbonyl (C=O) groups excluding carboxylic acids is 1. The molecular weight excluding hydrogens is 359 g/mol. The summed E-state index contributed by atoms with van der Waals surface area (Å²) in [4.78, 5) is 19.0. The number of carbonyl (C=O) groups is 1. The number of anilines is 1. The number of aryl methyl sites for hydroxylation is 3. The molecule has 0 spiro atoms. The highest BCUT2D eigenvalue weighted by Crippen LogP contribution is 2.36. The van der Waals surface area contributed by atoms with Gasteiger partial charge in [0.05, 0.1) is 22.2 Å². The molecule has 4 rings (SSSR count). The van der Waals surface area contributed by atoms with Crippen molar-refractivity contribution in [1.29, 1.82) is 0 Å². The molecular formula is C19H16F3N3O2. The smallest absolute Gasteiger partial charge is 0.336 e. The van der Waals surface area contributed by atoms with Gasteiger partial charge in [-0.1, -0.05) is 5.16 Å². The van der Waals surface area contributed by atoms with E-state index in [9.17, 15) is 18.0 Å². The Labute approximate surface area is 152 Å². The number of hydrogen-bond donors (Lipinski definition) is 0. The molecule has 3 heterocycles. The van der Waals surface area contributed by atoms with E-state index < -0.39 is 11.7 Å². The van der Waals surface area contributed by atoms with Gasteiger partial charge >= 0.3 is 6.18 Å². The molecule has 5 nitrogen and oxygen atoms in total. The molecule has 27 heavy (non-hydrogen) atoms. The maximum atomic E-state index is 13.3. The zero-order chi connectivity index (χ0) is 19.3. The summed E-state index contributed by atoms with van der Waals surface area (Å²) in [6.07, 6.45) is -3.31. The number of benzene rings is 1. The first kappa shape index (κ1) is 17.5. The van der Waals surface area contributed by atoms with Crippen LogP contribution in [0.1, 0.15) is 39.3 Å². The van der Waals surface area contributed by atoms with Crippen molar-refractivity contribution in [2.45, 2.75) is 32.9 Å². The van der Waals surface area contributed by atoms with Crippen molar-refractivity contribution in [2.24, 2.45) is 0 Å². The molecule has 2 aromatic heterocycles. The van der Waals surface area contributed by atoms with Gasteiger partial charge in [-0.15, -0.1) is 0 Å². The summed E-state index contributed by atoms with van der Waals surface area (Å²) in [6.45, 7) is 3.90. The van der Waals surface area contributed by atoms with Crippen molar-refractivity contribution < 1.29 is 22.5 Å². The summed E-state index contributed by atoms with van der Waals surface area (Å²) in [7, 11) is 0. The van der Waals surface area contributed by atoms with Gasteiger partial charge in [0.2, 0.25) is 0 Å². The molecule has 1 aromatic carbocycles. The highest BCUT2D eigenvalue weighted by molar-refractivity contribution is 6.14. The van der Waals surface area contributed by atoms with Crippen molar-refractivity contribution in [2.75, 3.05) is 11.4 Å². The lowest BCUT2D eigenvalue weighted by atomic mass is 9.97. The number of pyridine rings is 1. The number of rotatable bonds is 1. The monoisotopic (exact) mass is 375 g/mol. The minimum absolute atomic E-state index is 0.278. The van der Waals surface area contributed by atoms with E-state index in [1.165, 1.54) is 11.0 Å². The quantitative estimate of drug-likeness (QED) is 0.630. The second-order valence-electron chi connectivity index (χ2n) is 6.66. The highest BCUT2D eigenvalue weighted by atomic mass is 19.4. The summed E-state index contributed by atoms with van der Waals surface area (Å²) in [5.41, 5.74) is 2.15. The molecule has 0 saturated heterocycles. The van der Waals surface area contributed by atoms with Crippen LogP contribution in [0.25, 0.3) is 11.1 Å². The number of aromatic nitrogens is 2. The first-order chi connectivity index (χ1) is 12.8. The lowest BCUT2D eigenvalue weighted by Gasteiger charge is -2.30. The molecule has 0 fully saturated rings. The maximum absolute atomic E-state index is 13.3. The molecule has 0 aliphatic carbocycles. The predicted molar refractivity (Wildman–Crippen MR) is 92.7 cm³/mol. The first-order valence-corrected chi connectivity index (χ1v) is 8.51. The number of fused-ring (bicyclic) bond motifs is 2. The Kier molecular flexibility index (Phi) is 3.94. The summed E-state index contributed by atoms with van der Waals surface area (Å²) >= 11 is 0. The number of hydrogen-bond acceptors (Lipinski definition) is 4. The molecule has 1 aliphatic rings. The Hall–Kier alpha value is -2.90. The van der Waals surface area contributed by atoms with Gasteiger partial charge in [-0.3, -0.25) is 4.79 Å². The average molecular weight is 375 g/mol. The fraction of sp³-hybridized carbons (Fsp3) is 0.316. The van der Waals surface area contributed by atoms with Gasteiger partial charge in [0.25, 0.3) is 11.6 Å². The van der Waals surface area contributed by atoms with Crippen LogP contribution < -0.4 is 4.90 Å². The van der Waals surface area contributed by atoms with Crippen molar-refractivity contribution in [3.8, 4) is 0 Å². The van der Waals surface area contributed by atoms with E-state index in [1.807, 2.05) is 0 Å². The normalized spacial score (nSPS) is 14.5. The third kappa shape index (κ3) is 2.94. The Bertz CT molecular complexity index is 1060. The van der Waals surface area contributed by atoms with E-state index in [4.69, 9.17) is 4.52 Å². The van der Waals surface area contributed by atoms with Crippen LogP contribution in [0.2, 0.25) is 0 Å². The summed E-state index contributed by atoms with van der Waals surface area (Å²) in [5, 5.41) is 4.41. The topological polar surface area (TPSA) is 59.2 Å². The van der Waals surface area contributed by atoms with E-state index in [2.05, 4.69) is 10.1 Å². The van der Waals surface area contributed by atoms with E-state index >= 15 is 0 Å². The van der Waals surface area contributed by atoms with Gasteiger partial charge in [0.1, 0.15) is 0 Å². The molecule has 140 valence electrons. The van der Waals surface area contributed by atoms with Crippen molar-refractivity contribution in [3.05, 3.63) is 52.3 Å². The van der Waals surface area contributed by atoms with Gasteiger partial charge in [0, 0.05) is 17.9 Å². The lowest BCUT2D eigenvalue weighted by Crippen LogP contribution is -2.35. The minimum Gasteiger partial charge on any atom is -0.336 e. The summed E-state index contributed by atoms with van der Waals surface area (Å²) < 4.78 is 44.2. The SMILES string of the molecule is Cc1cc(C(=O)N2CCCc3cc(C(F)(F)F)ccc32)c2c(C)noc2n1. The molecule has 0 radical (unpaired) electrons. The van der Waals surface area contributed by atoms with Crippen LogP contribution in [-0.2, 0) is 12.6 Å². The minimum atomic E-state index is -4.41. The zero-order valence-electron chi connectivity index (χ0n) is 14.7. The fourth-order valence-corrected chi connectivity index (χ4v) is 3.52. The second kappa shape index (κ2) is 6.07. The number of nitrogens with zero attached hydrogens (tertiary/aromatic N) is 3. The fourth-order valence-electron chi connectivity index (χ4n) is 3.52. The van der Waals surface area contributed by atoms with E-state index in [-0.39, 0.29) is 11.6 Å². The highest BCUT2D eigenvalue weighted by Gasteiger charge is 2.33. The molecule has 1 amide bonds. The van der Waals surface area contributed by atoms with Crippen LogP contribution in [0.5, 0.6) is 0 Å². The van der Waals surface area contributed by atoms with Crippen molar-refractivity contribution >= 4 is 22.7 Å². The number of amides is 1. The lowest BCUT2D eigenvalue weighted by molar-refractivity contribution is -0.137. The van der Waals surface area contributed by atoms with Crippen LogP contribution in [0.4, 0.5) is 18.9 Å². The summed E-state index contributed by atoms with van der Waals surface area (Å²) in [5.74, 6) is -0.294. The van der Waals surface area contributed by atoms with Crippen LogP contribution in [-0.4, -0.2) is 22.6 Å². The van der Waals surface area contributed by atoms with Crippen LogP contribution in [0.15, 0.2) is 28.8 Å². The number of halogens is 3. The van der Waals surface area contributed by atoms with Gasteiger partial charge in [-0.25, -0.2) is 4.98 Å². The Morgan fingerprint density at radius 1 is 1.22 bits per heavy atom. The van der Waals surface area contributed by atoms with Crippen molar-refractivity contribution in [3.63, 3.8) is 0 Å². The maximum Gasteiger partial charge on any atom is 0.416 e. The third-order valence-electron chi connectivity index (χ3n) is 4.75. The Morgan fingerprint density at radius 2 is 2.00 bits per heavy atom. The van der Waals surface area contributed by atoms with Crippen LogP contribution in [0.3, 0.4) is 0 Å². The Balaban J connectivity index is 1.80. The van der Waals surface area contributed by atoms with Crippen molar-refractivity contribution in [1.82, 2.24) is 10.1 Å². The predicted octanol–water partition coefficient (Wildman–Crippen LogP) is 4.45. The number of alkyl halides is 3. The van der Waals surface area contributed by atoms with E-state index in [0.29, 0.717) is 53.0 Å². The second-order valence-corrected chi connectivity index (χ2v) is 6.66. The Morgan fingerprint density at radius 3 is 2.74 bits per heavy atom. The molecule has 3 aromatic rings. The third-order valence-corrected chi connectivity index (χ3v) is 4.75. The standard InChI is InChI=1S/C19H16F3N3O2/c1-10-8-14(16-11(2)24-27-17(16)23-10)18(26)25-7-3-4-12-9-13(19(20,21)22)5-6-15(12)25/h5-6,8-9H,3-4,7H2,1-2H3. The largest absolute Gasteiger partial charge is 0.416 e. The molecule has 0 saturated carbocycles. The summed E-state index contributed by atoms with van der Waals surface area (Å²) in [6, 6.07) is 5.18. The molecule has 0 unspecified atom stereocenters. The molecule has 0 bridgehead atoms. The van der Waals surface area contributed by atoms with Gasteiger partial charge < -0.3 is 9.42 Å². The van der Waals surface area contributed by atoms with Gasteiger partial charge in [-0.05, 0) is 56.5 Å².